The Morgan fingerprint density at radius 3 is 2.29 bits per heavy atom. The van der Waals surface area contributed by atoms with Crippen LogP contribution in [0, 0.1) is 0 Å². The summed E-state index contributed by atoms with van der Waals surface area (Å²) in [4.78, 5) is 14.9. The number of carbonyl (C=O) groups is 1. The van der Waals surface area contributed by atoms with Crippen molar-refractivity contribution in [1.82, 2.24) is 9.21 Å². The first-order chi connectivity index (χ1) is 13.4. The van der Waals surface area contributed by atoms with Crippen LogP contribution < -0.4 is 5.32 Å². The first-order valence-electron chi connectivity index (χ1n) is 9.57. The molecule has 0 bridgehead atoms. The Bertz CT molecular complexity index is 908. The Balaban J connectivity index is 1.71. The molecule has 0 radical (unpaired) electrons. The van der Waals surface area contributed by atoms with E-state index in [1.807, 2.05) is 66.4 Å². The number of hydrogen-bond donors (Lipinski definition) is 1. The molecule has 1 aliphatic rings. The highest BCUT2D eigenvalue weighted by Gasteiger charge is 2.31. The van der Waals surface area contributed by atoms with E-state index in [-0.39, 0.29) is 11.9 Å². The zero-order valence-electron chi connectivity index (χ0n) is 16.3. The highest BCUT2D eigenvalue weighted by Crippen LogP contribution is 2.25. The number of anilines is 2. The lowest BCUT2D eigenvalue weighted by Crippen LogP contribution is -2.48. The minimum atomic E-state index is -3.23. The highest BCUT2D eigenvalue weighted by molar-refractivity contribution is 7.88. The van der Waals surface area contributed by atoms with E-state index >= 15 is 0 Å². The number of para-hydroxylation sites is 2. The molecule has 0 atom stereocenters. The molecule has 0 unspecified atom stereocenters. The number of nitrogens with zero attached hydrogens (tertiary/aromatic N) is 2. The number of nitrogens with one attached hydrogen (secondary N) is 1. The topological polar surface area (TPSA) is 69.7 Å². The maximum Gasteiger partial charge on any atom is 0.255 e. The van der Waals surface area contributed by atoms with Crippen LogP contribution in [-0.4, -0.2) is 55.5 Å². The van der Waals surface area contributed by atoms with Crippen LogP contribution in [0.15, 0.2) is 54.6 Å². The lowest BCUT2D eigenvalue weighted by Gasteiger charge is -2.37. The number of rotatable bonds is 6. The van der Waals surface area contributed by atoms with Gasteiger partial charge in [0.05, 0.1) is 17.5 Å². The summed E-state index contributed by atoms with van der Waals surface area (Å²) in [7, 11) is -3.23. The molecule has 28 heavy (non-hydrogen) atoms. The minimum Gasteiger partial charge on any atom is -0.355 e. The van der Waals surface area contributed by atoms with Crippen LogP contribution in [-0.2, 0) is 10.0 Å². The number of piperidine rings is 1. The molecular formula is C21H27N3O3S. The molecular weight excluding hydrogens is 374 g/mol. The normalized spacial score (nSPS) is 15.6. The molecule has 6 nitrogen and oxygen atoms in total. The van der Waals surface area contributed by atoms with Gasteiger partial charge in [-0.05, 0) is 37.1 Å². The van der Waals surface area contributed by atoms with Crippen molar-refractivity contribution in [2.45, 2.75) is 25.8 Å². The quantitative estimate of drug-likeness (QED) is 0.806. The van der Waals surface area contributed by atoms with E-state index < -0.39 is 10.0 Å². The summed E-state index contributed by atoms with van der Waals surface area (Å²) < 4.78 is 25.4. The summed E-state index contributed by atoms with van der Waals surface area (Å²) in [5.41, 5.74) is 2.32. The lowest BCUT2D eigenvalue weighted by atomic mass is 10.0. The van der Waals surface area contributed by atoms with E-state index in [1.165, 1.54) is 6.26 Å². The molecule has 0 aliphatic carbocycles. The zero-order chi connectivity index (χ0) is 20.1. The summed E-state index contributed by atoms with van der Waals surface area (Å²) in [5.74, 6) is -0.0279. The van der Waals surface area contributed by atoms with Gasteiger partial charge in [0.15, 0.2) is 0 Å². The maximum absolute atomic E-state index is 13.1. The lowest BCUT2D eigenvalue weighted by molar-refractivity contribution is 0.0681. The second-order valence-corrected chi connectivity index (χ2v) is 8.96. The fraction of sp³-hybridized carbons (Fsp3) is 0.381. The summed E-state index contributed by atoms with van der Waals surface area (Å²) in [6.07, 6.45) is 2.56. The van der Waals surface area contributed by atoms with Gasteiger partial charge in [0.1, 0.15) is 0 Å². The first kappa shape index (κ1) is 20.4. The van der Waals surface area contributed by atoms with E-state index in [9.17, 15) is 13.2 Å². The monoisotopic (exact) mass is 401 g/mol. The van der Waals surface area contributed by atoms with Crippen molar-refractivity contribution in [3.63, 3.8) is 0 Å². The van der Waals surface area contributed by atoms with Crippen molar-refractivity contribution in [3.8, 4) is 0 Å². The molecule has 0 aromatic heterocycles. The maximum atomic E-state index is 13.1. The van der Waals surface area contributed by atoms with Crippen LogP contribution in [0.5, 0.6) is 0 Å². The van der Waals surface area contributed by atoms with Gasteiger partial charge in [-0.3, -0.25) is 4.79 Å². The van der Waals surface area contributed by atoms with Gasteiger partial charge < -0.3 is 10.2 Å². The van der Waals surface area contributed by atoms with Crippen LogP contribution in [0.25, 0.3) is 0 Å². The van der Waals surface area contributed by atoms with Crippen LogP contribution in [0.3, 0.4) is 0 Å². The zero-order valence-corrected chi connectivity index (χ0v) is 17.2. The molecule has 1 aliphatic heterocycles. The van der Waals surface area contributed by atoms with Gasteiger partial charge in [-0.25, -0.2) is 8.42 Å². The fourth-order valence-electron chi connectivity index (χ4n) is 3.75. The summed E-state index contributed by atoms with van der Waals surface area (Å²) in [5, 5.41) is 3.31. The largest absolute Gasteiger partial charge is 0.355 e. The van der Waals surface area contributed by atoms with Crippen molar-refractivity contribution < 1.29 is 13.2 Å². The van der Waals surface area contributed by atoms with Crippen molar-refractivity contribution >= 4 is 27.3 Å². The first-order valence-corrected chi connectivity index (χ1v) is 11.4. The standard InChI is InChI=1S/C21H27N3O3S/c1-3-24(28(2,26)27)18-13-15-23(16-14-18)21(25)19-11-7-8-12-20(19)22-17-9-5-4-6-10-17/h4-12,18,22H,3,13-16H2,1-2H3. The molecule has 1 saturated heterocycles. The Hall–Kier alpha value is -2.38. The van der Waals surface area contributed by atoms with E-state index in [2.05, 4.69) is 5.32 Å². The second-order valence-electron chi connectivity index (χ2n) is 7.03. The summed E-state index contributed by atoms with van der Waals surface area (Å²) in [6.45, 7) is 3.41. The average Bonchev–Trinajstić information content (AvgIpc) is 2.69. The third-order valence-electron chi connectivity index (χ3n) is 5.11. The van der Waals surface area contributed by atoms with Crippen molar-refractivity contribution in [1.29, 1.82) is 0 Å². The molecule has 1 amide bonds. The average molecular weight is 402 g/mol. The number of hydrogen-bond acceptors (Lipinski definition) is 4. The van der Waals surface area contributed by atoms with E-state index in [1.54, 1.807) is 4.31 Å². The van der Waals surface area contributed by atoms with Crippen LogP contribution >= 0.6 is 0 Å². The number of benzene rings is 2. The molecule has 1 fully saturated rings. The minimum absolute atomic E-state index is 0.0279. The molecule has 0 spiro atoms. The Kier molecular flexibility index (Phi) is 6.36. The highest BCUT2D eigenvalue weighted by atomic mass is 32.2. The van der Waals surface area contributed by atoms with E-state index in [0.29, 0.717) is 38.0 Å². The van der Waals surface area contributed by atoms with Crippen molar-refractivity contribution in [2.24, 2.45) is 0 Å². The molecule has 7 heteroatoms. The Morgan fingerprint density at radius 2 is 1.68 bits per heavy atom. The smallest absolute Gasteiger partial charge is 0.255 e. The third kappa shape index (κ3) is 4.72. The Morgan fingerprint density at radius 1 is 1.07 bits per heavy atom. The van der Waals surface area contributed by atoms with Gasteiger partial charge in [0.25, 0.3) is 5.91 Å². The van der Waals surface area contributed by atoms with E-state index in [4.69, 9.17) is 0 Å². The van der Waals surface area contributed by atoms with Crippen LogP contribution in [0.2, 0.25) is 0 Å². The number of likely N-dealkylation sites (tertiary alicyclic amines) is 1. The molecule has 2 aromatic carbocycles. The second kappa shape index (κ2) is 8.75. The number of carbonyl (C=O) groups excluding carboxylic acids is 1. The number of amides is 1. The van der Waals surface area contributed by atoms with Crippen molar-refractivity contribution in [2.75, 3.05) is 31.2 Å². The van der Waals surface area contributed by atoms with E-state index in [0.717, 1.165) is 11.4 Å². The predicted octanol–water partition coefficient (Wildman–Crippen LogP) is 3.32. The molecule has 0 saturated carbocycles. The predicted molar refractivity (Wildman–Crippen MR) is 112 cm³/mol. The van der Waals surface area contributed by atoms with Gasteiger partial charge in [-0.2, -0.15) is 4.31 Å². The molecule has 150 valence electrons. The summed E-state index contributed by atoms with van der Waals surface area (Å²) >= 11 is 0. The van der Waals surface area contributed by atoms with Crippen LogP contribution in [0.1, 0.15) is 30.1 Å². The third-order valence-corrected chi connectivity index (χ3v) is 6.52. The van der Waals surface area contributed by atoms with Gasteiger partial charge in [0, 0.05) is 31.4 Å². The van der Waals surface area contributed by atoms with Gasteiger partial charge >= 0.3 is 0 Å². The molecule has 3 rings (SSSR count). The van der Waals surface area contributed by atoms with Gasteiger partial charge in [-0.1, -0.05) is 37.3 Å². The van der Waals surface area contributed by atoms with Gasteiger partial charge in [0.2, 0.25) is 10.0 Å². The molecule has 1 heterocycles. The van der Waals surface area contributed by atoms with Crippen molar-refractivity contribution in [3.05, 3.63) is 60.2 Å². The van der Waals surface area contributed by atoms with Crippen LogP contribution in [0.4, 0.5) is 11.4 Å². The summed E-state index contributed by atoms with van der Waals surface area (Å²) in [6, 6.07) is 17.2. The number of sulfonamides is 1. The SMILES string of the molecule is CCN(C1CCN(C(=O)c2ccccc2Nc2ccccc2)CC1)S(C)(=O)=O. The fourth-order valence-corrected chi connectivity index (χ4v) is 4.97. The molecule has 1 N–H and O–H groups in total. The van der Waals surface area contributed by atoms with Gasteiger partial charge in [-0.15, -0.1) is 0 Å². The molecule has 2 aromatic rings. The Labute approximate surface area is 167 Å².